The first kappa shape index (κ1) is 14.0. The SMILES string of the molecule is O=C(O)c1nc2sc(CN3CCNCC3)cn2c(=O)c1O. The minimum absolute atomic E-state index is 0.278. The molecule has 2 aromatic rings. The molecule has 3 heterocycles. The van der Waals surface area contributed by atoms with Crippen LogP contribution in [0.1, 0.15) is 15.4 Å². The maximum absolute atomic E-state index is 12.0. The molecule has 0 saturated carbocycles. The van der Waals surface area contributed by atoms with Crippen molar-refractivity contribution in [2.45, 2.75) is 6.54 Å². The number of nitrogens with zero attached hydrogens (tertiary/aromatic N) is 3. The Hall–Kier alpha value is -1.97. The summed E-state index contributed by atoms with van der Waals surface area (Å²) in [6, 6.07) is 0. The molecule has 112 valence electrons. The van der Waals surface area contributed by atoms with Crippen LogP contribution in [0.15, 0.2) is 11.0 Å². The monoisotopic (exact) mass is 310 g/mol. The van der Waals surface area contributed by atoms with Crippen molar-refractivity contribution in [3.05, 3.63) is 27.1 Å². The van der Waals surface area contributed by atoms with Crippen LogP contribution in [0.2, 0.25) is 0 Å². The summed E-state index contributed by atoms with van der Waals surface area (Å²) in [6.07, 6.45) is 1.61. The molecule has 0 aromatic carbocycles. The molecule has 0 aliphatic carbocycles. The molecule has 0 unspecified atom stereocenters. The van der Waals surface area contributed by atoms with Gasteiger partial charge in [0.2, 0.25) is 5.75 Å². The predicted molar refractivity (Wildman–Crippen MR) is 76.1 cm³/mol. The molecule has 3 rings (SSSR count). The zero-order chi connectivity index (χ0) is 15.0. The Morgan fingerprint density at radius 3 is 2.81 bits per heavy atom. The van der Waals surface area contributed by atoms with E-state index in [2.05, 4.69) is 15.2 Å². The van der Waals surface area contributed by atoms with E-state index in [-0.39, 0.29) is 4.96 Å². The van der Waals surface area contributed by atoms with Crippen molar-refractivity contribution >= 4 is 22.3 Å². The van der Waals surface area contributed by atoms with Crippen molar-refractivity contribution in [2.75, 3.05) is 26.2 Å². The van der Waals surface area contributed by atoms with E-state index in [1.54, 1.807) is 6.20 Å². The molecular weight excluding hydrogens is 296 g/mol. The number of fused-ring (bicyclic) bond motifs is 1. The Balaban J connectivity index is 1.97. The number of piperazine rings is 1. The average molecular weight is 310 g/mol. The summed E-state index contributed by atoms with van der Waals surface area (Å²) in [6.45, 7) is 4.36. The number of rotatable bonds is 3. The molecule has 1 aliphatic rings. The zero-order valence-electron chi connectivity index (χ0n) is 11.1. The van der Waals surface area contributed by atoms with Gasteiger partial charge in [-0.3, -0.25) is 14.1 Å². The maximum Gasteiger partial charge on any atom is 0.358 e. The number of nitrogens with one attached hydrogen (secondary N) is 1. The van der Waals surface area contributed by atoms with Gasteiger partial charge in [-0.25, -0.2) is 9.78 Å². The summed E-state index contributed by atoms with van der Waals surface area (Å²) in [5, 5.41) is 21.8. The van der Waals surface area contributed by atoms with E-state index in [9.17, 15) is 14.7 Å². The number of aromatic hydroxyl groups is 1. The smallest absolute Gasteiger partial charge is 0.358 e. The normalized spacial score (nSPS) is 16.4. The van der Waals surface area contributed by atoms with Gasteiger partial charge in [-0.15, -0.1) is 0 Å². The van der Waals surface area contributed by atoms with Crippen LogP contribution in [0.4, 0.5) is 0 Å². The maximum atomic E-state index is 12.0. The number of hydrogen-bond acceptors (Lipinski definition) is 7. The van der Waals surface area contributed by atoms with Gasteiger partial charge in [0, 0.05) is 43.8 Å². The number of carboxylic acid groups (broad SMARTS) is 1. The Kier molecular flexibility index (Phi) is 3.62. The molecule has 8 nitrogen and oxygen atoms in total. The minimum Gasteiger partial charge on any atom is -0.501 e. The molecular formula is C12H14N4O4S. The molecule has 0 spiro atoms. The van der Waals surface area contributed by atoms with Crippen molar-refractivity contribution in [1.82, 2.24) is 19.6 Å². The molecule has 0 atom stereocenters. The molecule has 1 fully saturated rings. The highest BCUT2D eigenvalue weighted by molar-refractivity contribution is 7.17. The van der Waals surface area contributed by atoms with E-state index in [4.69, 9.17) is 5.11 Å². The summed E-state index contributed by atoms with van der Waals surface area (Å²) in [4.78, 5) is 30.2. The molecule has 1 aliphatic heterocycles. The average Bonchev–Trinajstić information content (AvgIpc) is 2.86. The van der Waals surface area contributed by atoms with Crippen molar-refractivity contribution in [2.24, 2.45) is 0 Å². The summed E-state index contributed by atoms with van der Waals surface area (Å²) < 4.78 is 1.20. The van der Waals surface area contributed by atoms with Crippen molar-refractivity contribution in [3.63, 3.8) is 0 Å². The van der Waals surface area contributed by atoms with Crippen LogP contribution in [0.3, 0.4) is 0 Å². The van der Waals surface area contributed by atoms with Gasteiger partial charge in [0.1, 0.15) is 0 Å². The third-order valence-electron chi connectivity index (χ3n) is 3.35. The van der Waals surface area contributed by atoms with Crippen LogP contribution in [0.25, 0.3) is 4.96 Å². The lowest BCUT2D eigenvalue weighted by molar-refractivity contribution is 0.0687. The predicted octanol–water partition coefficient (Wildman–Crippen LogP) is -0.435. The van der Waals surface area contributed by atoms with Crippen LogP contribution in [-0.2, 0) is 6.54 Å². The lowest BCUT2D eigenvalue weighted by atomic mass is 10.3. The van der Waals surface area contributed by atoms with Gasteiger partial charge in [-0.1, -0.05) is 11.3 Å². The second-order valence-corrected chi connectivity index (χ2v) is 5.89. The topological polar surface area (TPSA) is 107 Å². The van der Waals surface area contributed by atoms with E-state index >= 15 is 0 Å². The fourth-order valence-corrected chi connectivity index (χ4v) is 3.30. The van der Waals surface area contributed by atoms with Crippen molar-refractivity contribution < 1.29 is 15.0 Å². The first-order valence-electron chi connectivity index (χ1n) is 6.46. The fraction of sp³-hybridized carbons (Fsp3) is 0.417. The summed E-state index contributed by atoms with van der Waals surface area (Å²) in [7, 11) is 0. The third kappa shape index (κ3) is 2.62. The molecule has 0 bridgehead atoms. The van der Waals surface area contributed by atoms with Crippen LogP contribution >= 0.6 is 11.3 Å². The number of carboxylic acids is 1. The summed E-state index contributed by atoms with van der Waals surface area (Å²) in [5.74, 6) is -2.24. The van der Waals surface area contributed by atoms with E-state index in [1.807, 2.05) is 0 Å². The van der Waals surface area contributed by atoms with E-state index < -0.39 is 23.0 Å². The van der Waals surface area contributed by atoms with Gasteiger partial charge in [-0.2, -0.15) is 0 Å². The second kappa shape index (κ2) is 5.43. The Morgan fingerprint density at radius 2 is 2.14 bits per heavy atom. The number of thiazole rings is 1. The lowest BCUT2D eigenvalue weighted by Crippen LogP contribution is -2.42. The molecule has 2 aromatic heterocycles. The number of aromatic carboxylic acids is 1. The standard InChI is InChI=1S/C12H14N4O4S/c17-9-8(11(19)20)14-12-16(10(9)18)6-7(21-12)5-15-3-1-13-2-4-15/h6,13,17H,1-5H2,(H,19,20). The highest BCUT2D eigenvalue weighted by Gasteiger charge is 2.20. The van der Waals surface area contributed by atoms with Crippen LogP contribution in [0.5, 0.6) is 5.75 Å². The first-order valence-corrected chi connectivity index (χ1v) is 7.28. The number of hydrogen-bond donors (Lipinski definition) is 3. The molecule has 21 heavy (non-hydrogen) atoms. The van der Waals surface area contributed by atoms with Gasteiger partial charge in [-0.05, 0) is 0 Å². The first-order chi connectivity index (χ1) is 10.1. The van der Waals surface area contributed by atoms with E-state index in [1.165, 1.54) is 15.7 Å². The Bertz CT molecular complexity index is 748. The molecule has 3 N–H and O–H groups in total. The molecule has 0 radical (unpaired) electrons. The summed E-state index contributed by atoms with van der Waals surface area (Å²) >= 11 is 1.26. The van der Waals surface area contributed by atoms with Crippen LogP contribution in [-0.4, -0.2) is 56.6 Å². The van der Waals surface area contributed by atoms with Gasteiger partial charge >= 0.3 is 11.5 Å². The molecule has 0 amide bonds. The quantitative estimate of drug-likeness (QED) is 0.706. The second-order valence-electron chi connectivity index (χ2n) is 4.80. The van der Waals surface area contributed by atoms with Gasteiger partial charge in [0.25, 0.3) is 0 Å². The van der Waals surface area contributed by atoms with Gasteiger partial charge in [0.05, 0.1) is 0 Å². The Labute approximate surface area is 123 Å². The Morgan fingerprint density at radius 1 is 1.43 bits per heavy atom. The highest BCUT2D eigenvalue weighted by atomic mass is 32.1. The van der Waals surface area contributed by atoms with Crippen molar-refractivity contribution in [1.29, 1.82) is 0 Å². The largest absolute Gasteiger partial charge is 0.501 e. The summed E-state index contributed by atoms with van der Waals surface area (Å²) in [5.41, 5.74) is -1.35. The fourth-order valence-electron chi connectivity index (χ4n) is 2.29. The van der Waals surface area contributed by atoms with Gasteiger partial charge < -0.3 is 15.5 Å². The van der Waals surface area contributed by atoms with E-state index in [0.717, 1.165) is 31.1 Å². The van der Waals surface area contributed by atoms with Crippen LogP contribution < -0.4 is 10.9 Å². The highest BCUT2D eigenvalue weighted by Crippen LogP contribution is 2.20. The third-order valence-corrected chi connectivity index (χ3v) is 4.31. The molecule has 1 saturated heterocycles. The lowest BCUT2D eigenvalue weighted by Gasteiger charge is -2.26. The van der Waals surface area contributed by atoms with Gasteiger partial charge in [0.15, 0.2) is 10.7 Å². The zero-order valence-corrected chi connectivity index (χ0v) is 11.9. The van der Waals surface area contributed by atoms with Crippen LogP contribution in [0, 0.1) is 0 Å². The number of aromatic nitrogens is 2. The van der Waals surface area contributed by atoms with Crippen molar-refractivity contribution in [3.8, 4) is 5.75 Å². The molecule has 9 heteroatoms. The van der Waals surface area contributed by atoms with E-state index in [0.29, 0.717) is 6.54 Å². The number of carbonyl (C=O) groups is 1. The minimum atomic E-state index is -1.41.